The molecule has 110 valence electrons. The molecule has 0 aromatic heterocycles. The van der Waals surface area contributed by atoms with Crippen molar-refractivity contribution in [3.05, 3.63) is 22.8 Å². The van der Waals surface area contributed by atoms with Crippen molar-refractivity contribution in [1.82, 2.24) is 0 Å². The van der Waals surface area contributed by atoms with Gasteiger partial charge < -0.3 is 4.74 Å². The summed E-state index contributed by atoms with van der Waals surface area (Å²) >= 11 is 0. The molecule has 0 aliphatic heterocycles. The highest BCUT2D eigenvalue weighted by Gasteiger charge is 2.20. The van der Waals surface area contributed by atoms with Crippen LogP contribution in [0.2, 0.25) is 0 Å². The van der Waals surface area contributed by atoms with Crippen LogP contribution in [0.4, 0.5) is 0 Å². The minimum atomic E-state index is -4.13. The Bertz CT molecular complexity index is 616. The molecule has 10 heteroatoms. The fourth-order valence-electron chi connectivity index (χ4n) is 2.54. The highest BCUT2D eigenvalue weighted by Crippen LogP contribution is 2.13. The Morgan fingerprint density at radius 1 is 1.14 bits per heavy atom. The van der Waals surface area contributed by atoms with Gasteiger partial charge in [0.15, 0.2) is 0 Å². The minimum absolute atomic E-state index is 0.350. The lowest BCUT2D eigenvalue weighted by Crippen LogP contribution is -2.29. The zero-order chi connectivity index (χ0) is 16.2. The lowest BCUT2D eigenvalue weighted by atomic mass is 9.72. The number of esters is 1. The first-order valence-electron chi connectivity index (χ1n) is 6.95. The van der Waals surface area contributed by atoms with E-state index < -0.39 is 21.8 Å². The van der Waals surface area contributed by atoms with Crippen LogP contribution in [0, 0.1) is 0 Å². The van der Waals surface area contributed by atoms with E-state index in [-0.39, 0.29) is 6.61 Å². The topological polar surface area (TPSA) is 80.7 Å². The van der Waals surface area contributed by atoms with Crippen molar-refractivity contribution in [2.75, 3.05) is 12.4 Å². The molecule has 0 spiro atoms. The third-order valence-electron chi connectivity index (χ3n) is 3.47. The maximum absolute atomic E-state index is 12.3. The molecule has 0 aliphatic rings. The molecule has 0 atom stereocenters. The molecule has 5 nitrogen and oxygen atoms in total. The van der Waals surface area contributed by atoms with Crippen molar-refractivity contribution >= 4 is 58.4 Å². The van der Waals surface area contributed by atoms with Crippen molar-refractivity contribution in [3.8, 4) is 0 Å². The summed E-state index contributed by atoms with van der Waals surface area (Å²) in [6.45, 7) is -0.350. The van der Waals surface area contributed by atoms with Crippen LogP contribution in [0.5, 0.6) is 0 Å². The van der Waals surface area contributed by atoms with Gasteiger partial charge in [0.1, 0.15) is 43.7 Å². The molecule has 0 fully saturated rings. The Hall–Kier alpha value is -1.14. The highest BCUT2D eigenvalue weighted by molar-refractivity contribution is 7.85. The molecule has 1 rings (SSSR count). The Morgan fingerprint density at radius 3 is 2.00 bits per heavy atom. The Balaban J connectivity index is 3.12. The third kappa shape index (κ3) is 4.68. The number of benzene rings is 1. The summed E-state index contributed by atoms with van der Waals surface area (Å²) < 4.78 is 35.0. The number of hydrogen-bond donors (Lipinski definition) is 1. The molecule has 1 aromatic carbocycles. The fourth-order valence-corrected chi connectivity index (χ4v) is 2.84. The molecule has 1 aromatic rings. The molecule has 21 heavy (non-hydrogen) atoms. The maximum Gasteiger partial charge on any atom is 0.338 e. The van der Waals surface area contributed by atoms with Crippen LogP contribution in [0.3, 0.4) is 0 Å². The number of ether oxygens (including phenoxy) is 1. The van der Waals surface area contributed by atoms with Gasteiger partial charge in [0.2, 0.25) is 0 Å². The normalized spacial score (nSPS) is 11.3. The van der Waals surface area contributed by atoms with Gasteiger partial charge in [0.05, 0.1) is 5.56 Å². The van der Waals surface area contributed by atoms with E-state index >= 15 is 0 Å². The van der Waals surface area contributed by atoms with Crippen LogP contribution in [0.15, 0.2) is 6.07 Å². The average Bonchev–Trinajstić information content (AvgIpc) is 2.36. The lowest BCUT2D eigenvalue weighted by Gasteiger charge is -2.18. The van der Waals surface area contributed by atoms with E-state index in [1.54, 1.807) is 0 Å². The summed E-state index contributed by atoms with van der Waals surface area (Å²) in [4.78, 5) is 12.3. The largest absolute Gasteiger partial charge is 0.461 e. The number of rotatable bonds is 6. The first-order chi connectivity index (χ1) is 9.71. The monoisotopic (exact) mass is 306 g/mol. The van der Waals surface area contributed by atoms with Crippen molar-refractivity contribution in [1.29, 1.82) is 0 Å². The summed E-state index contributed by atoms with van der Waals surface area (Å²) in [5.41, 5.74) is 4.43. The maximum atomic E-state index is 12.3. The molecule has 0 bridgehead atoms. The van der Waals surface area contributed by atoms with E-state index in [1.807, 2.05) is 37.5 Å². The van der Waals surface area contributed by atoms with E-state index in [4.69, 9.17) is 9.29 Å². The molecule has 0 unspecified atom stereocenters. The number of hydrogen-bond acceptors (Lipinski definition) is 4. The quantitative estimate of drug-likeness (QED) is 0.326. The standard InChI is InChI=1S/C11H18B4O5S/c12-4-6-8(14)3-9(15)7(5-13)10(6)11(16)20-1-2-21(17,18)19/h3H,1-2,4-5,12-15H2,(H,17,18,19). The van der Waals surface area contributed by atoms with Crippen LogP contribution in [0.25, 0.3) is 0 Å². The smallest absolute Gasteiger partial charge is 0.338 e. The Kier molecular flexibility index (Phi) is 6.16. The number of carbonyl (C=O) groups is 1. The van der Waals surface area contributed by atoms with Crippen molar-refractivity contribution in [2.45, 2.75) is 12.6 Å². The van der Waals surface area contributed by atoms with Crippen LogP contribution in [0.1, 0.15) is 21.5 Å². The van der Waals surface area contributed by atoms with Gasteiger partial charge in [0, 0.05) is 0 Å². The van der Waals surface area contributed by atoms with Crippen molar-refractivity contribution in [3.63, 3.8) is 0 Å². The molecular formula is C11H18B4O5S. The second kappa shape index (κ2) is 7.22. The Labute approximate surface area is 129 Å². The molecule has 1 N–H and O–H groups in total. The molecular weight excluding hydrogens is 287 g/mol. The minimum Gasteiger partial charge on any atom is -0.461 e. The van der Waals surface area contributed by atoms with Gasteiger partial charge in [-0.2, -0.15) is 8.42 Å². The van der Waals surface area contributed by atoms with Crippen molar-refractivity contribution < 1.29 is 22.5 Å². The fraction of sp³-hybridized carbons (Fsp3) is 0.364. The van der Waals surface area contributed by atoms with Gasteiger partial charge in [-0.3, -0.25) is 4.55 Å². The van der Waals surface area contributed by atoms with Crippen molar-refractivity contribution in [2.24, 2.45) is 0 Å². The predicted octanol–water partition coefficient (Wildman–Crippen LogP) is -4.49. The van der Waals surface area contributed by atoms with E-state index in [1.165, 1.54) is 0 Å². The lowest BCUT2D eigenvalue weighted by molar-refractivity contribution is 0.0526. The van der Waals surface area contributed by atoms with Crippen LogP contribution in [-0.4, -0.2) is 62.7 Å². The SMILES string of the molecule is BCc1c(B)cc(B)c(CB)c1C(=O)OCCS(=O)(=O)O. The van der Waals surface area contributed by atoms with Crippen LogP contribution in [-0.2, 0) is 27.5 Å². The summed E-state index contributed by atoms with van der Waals surface area (Å²) in [5, 5.41) is 0. The van der Waals surface area contributed by atoms with Gasteiger partial charge in [-0.1, -0.05) is 29.6 Å². The molecule has 0 heterocycles. The molecule has 0 saturated carbocycles. The zero-order valence-electron chi connectivity index (χ0n) is 12.9. The molecule has 0 aliphatic carbocycles. The second-order valence-electron chi connectivity index (χ2n) is 4.97. The van der Waals surface area contributed by atoms with Gasteiger partial charge >= 0.3 is 5.97 Å². The molecule has 0 radical (unpaired) electrons. The zero-order valence-corrected chi connectivity index (χ0v) is 13.7. The van der Waals surface area contributed by atoms with E-state index in [0.29, 0.717) is 18.2 Å². The second-order valence-corrected chi connectivity index (χ2v) is 6.54. The van der Waals surface area contributed by atoms with Crippen LogP contribution >= 0.6 is 0 Å². The highest BCUT2D eigenvalue weighted by atomic mass is 32.2. The van der Waals surface area contributed by atoms with Gasteiger partial charge in [-0.25, -0.2) is 4.79 Å². The van der Waals surface area contributed by atoms with Crippen LogP contribution < -0.4 is 10.9 Å². The summed E-state index contributed by atoms with van der Waals surface area (Å²) in [5.74, 6) is -1.12. The van der Waals surface area contributed by atoms with Gasteiger partial charge in [-0.15, -0.1) is 0 Å². The van der Waals surface area contributed by atoms with E-state index in [9.17, 15) is 13.2 Å². The average molecular weight is 306 g/mol. The summed E-state index contributed by atoms with van der Waals surface area (Å²) in [6.07, 6.45) is 1.39. The van der Waals surface area contributed by atoms with E-state index in [2.05, 4.69) is 0 Å². The Morgan fingerprint density at radius 2 is 1.62 bits per heavy atom. The van der Waals surface area contributed by atoms with Gasteiger partial charge in [-0.05, 0) is 11.1 Å². The molecule has 0 saturated heterocycles. The number of carbonyl (C=O) groups excluding carboxylic acids is 1. The first-order valence-corrected chi connectivity index (χ1v) is 8.56. The third-order valence-corrected chi connectivity index (χ3v) is 4.16. The predicted molar refractivity (Wildman–Crippen MR) is 94.0 cm³/mol. The van der Waals surface area contributed by atoms with Gasteiger partial charge in [0.25, 0.3) is 10.1 Å². The summed E-state index contributed by atoms with van der Waals surface area (Å²) in [6, 6.07) is 2.05. The summed E-state index contributed by atoms with van der Waals surface area (Å²) in [7, 11) is 3.69. The molecule has 0 amide bonds. The van der Waals surface area contributed by atoms with E-state index in [0.717, 1.165) is 22.1 Å². The first kappa shape index (κ1) is 17.9.